The van der Waals surface area contributed by atoms with Gasteiger partial charge in [-0.25, -0.2) is 9.78 Å². The van der Waals surface area contributed by atoms with Crippen LogP contribution in [-0.2, 0) is 6.54 Å². The number of rotatable bonds is 9. The Bertz CT molecular complexity index is 1670. The van der Waals surface area contributed by atoms with E-state index in [1.54, 1.807) is 46.0 Å². The molecule has 0 bridgehead atoms. The number of halogens is 1. The Labute approximate surface area is 235 Å². The zero-order valence-corrected chi connectivity index (χ0v) is 22.9. The van der Waals surface area contributed by atoms with Crippen molar-refractivity contribution in [3.63, 3.8) is 0 Å². The summed E-state index contributed by atoms with van der Waals surface area (Å²) in [6.45, 7) is 2.40. The number of carbonyl (C=O) groups is 1. The Hall–Kier alpha value is -4.40. The fourth-order valence-corrected chi connectivity index (χ4v) is 5.11. The van der Waals surface area contributed by atoms with Gasteiger partial charge in [0.15, 0.2) is 0 Å². The molecular weight excluding hydrogens is 534 g/mol. The van der Waals surface area contributed by atoms with E-state index < -0.39 is 11.4 Å². The summed E-state index contributed by atoms with van der Waals surface area (Å²) in [4.78, 5) is 33.5. The van der Waals surface area contributed by atoms with Crippen molar-refractivity contribution in [1.82, 2.24) is 24.2 Å². The van der Waals surface area contributed by atoms with Gasteiger partial charge in [0.25, 0.3) is 0 Å². The van der Waals surface area contributed by atoms with Crippen LogP contribution in [-0.4, -0.2) is 75.1 Å². The first kappa shape index (κ1) is 27.2. The normalized spacial score (nSPS) is 15.1. The molecule has 1 atom stereocenters. The lowest BCUT2D eigenvalue weighted by atomic mass is 10.0. The van der Waals surface area contributed by atoms with Gasteiger partial charge in [0.1, 0.15) is 23.3 Å². The summed E-state index contributed by atoms with van der Waals surface area (Å²) in [5.41, 5.74) is 0.980. The number of carboxylic acid groups (broad SMARTS) is 1. The molecule has 1 saturated heterocycles. The first-order chi connectivity index (χ1) is 19.3. The quantitative estimate of drug-likeness (QED) is 0.327. The molecule has 40 heavy (non-hydrogen) atoms. The molecule has 11 nitrogen and oxygen atoms in total. The fraction of sp³-hybridized carbons (Fsp3) is 0.321. The highest BCUT2D eigenvalue weighted by molar-refractivity contribution is 6.31. The molecule has 5 rings (SSSR count). The number of pyridine rings is 2. The third-order valence-corrected chi connectivity index (χ3v) is 7.26. The van der Waals surface area contributed by atoms with Crippen LogP contribution in [0.3, 0.4) is 0 Å². The number of hydrogen-bond acceptors (Lipinski definition) is 8. The van der Waals surface area contributed by atoms with E-state index in [2.05, 4.69) is 21.1 Å². The van der Waals surface area contributed by atoms with Crippen molar-refractivity contribution >= 4 is 34.2 Å². The van der Waals surface area contributed by atoms with Gasteiger partial charge in [-0.2, -0.15) is 10.4 Å². The number of likely N-dealkylation sites (N-methyl/N-ethyl adjacent to an activating group) is 1. The number of aromatic nitrogens is 4. The predicted octanol–water partition coefficient (Wildman–Crippen LogP) is 3.41. The smallest absolute Gasteiger partial charge is 0.341 e. The molecule has 1 N–H and O–H groups in total. The van der Waals surface area contributed by atoms with Crippen molar-refractivity contribution in [1.29, 1.82) is 5.26 Å². The third-order valence-electron chi connectivity index (χ3n) is 6.97. The van der Waals surface area contributed by atoms with Gasteiger partial charge < -0.3 is 24.2 Å². The van der Waals surface area contributed by atoms with E-state index in [-0.39, 0.29) is 22.6 Å². The molecule has 0 unspecified atom stereocenters. The summed E-state index contributed by atoms with van der Waals surface area (Å²) in [7, 11) is 3.93. The maximum absolute atomic E-state index is 13.2. The van der Waals surface area contributed by atoms with Crippen molar-refractivity contribution in [2.45, 2.75) is 25.4 Å². The molecular formula is C28H28ClN7O4. The number of benzene rings is 1. The van der Waals surface area contributed by atoms with E-state index in [4.69, 9.17) is 16.3 Å². The van der Waals surface area contributed by atoms with Crippen LogP contribution in [0.2, 0.25) is 5.02 Å². The number of ether oxygens (including phenoxy) is 1. The lowest BCUT2D eigenvalue weighted by molar-refractivity contribution is 0.0695. The van der Waals surface area contributed by atoms with Crippen molar-refractivity contribution in [3.8, 4) is 17.6 Å². The van der Waals surface area contributed by atoms with Crippen LogP contribution in [0.4, 0.5) is 5.69 Å². The summed E-state index contributed by atoms with van der Waals surface area (Å²) in [5, 5.41) is 24.8. The maximum Gasteiger partial charge on any atom is 0.341 e. The van der Waals surface area contributed by atoms with Crippen LogP contribution in [0.25, 0.3) is 16.6 Å². The summed E-state index contributed by atoms with van der Waals surface area (Å²) >= 11 is 6.21. The first-order valence-electron chi connectivity index (χ1n) is 12.8. The largest absolute Gasteiger partial charge is 0.477 e. The Morgan fingerprint density at radius 2 is 2.15 bits per heavy atom. The molecule has 4 aromatic rings. The minimum absolute atomic E-state index is 0.0603. The Balaban J connectivity index is 1.59. The van der Waals surface area contributed by atoms with Crippen LogP contribution in [0.15, 0.2) is 53.8 Å². The average molecular weight is 562 g/mol. The Morgan fingerprint density at radius 3 is 2.88 bits per heavy atom. The van der Waals surface area contributed by atoms with E-state index in [1.807, 2.05) is 19.0 Å². The van der Waals surface area contributed by atoms with Gasteiger partial charge in [0.05, 0.1) is 41.2 Å². The standard InChI is InChI=1S/C28H28ClN7O4/c1-33(2)9-10-34-15-20(14-32-34)36-16-22(28(38)39)26(37)21-11-18(13-30)24(12-25(21)36)35-8-4-5-19(35)17-40-27-23(29)6-3-7-31-27/h3,6-7,11-12,14-16,19H,4-5,8-10,17H2,1-2H3,(H,38,39)/t19-/m1/s1. The van der Waals surface area contributed by atoms with E-state index in [0.717, 1.165) is 19.4 Å². The number of nitrogens with zero attached hydrogens (tertiary/aromatic N) is 7. The number of anilines is 1. The second-order valence-corrected chi connectivity index (χ2v) is 10.3. The van der Waals surface area contributed by atoms with Gasteiger partial charge in [-0.1, -0.05) is 11.6 Å². The van der Waals surface area contributed by atoms with Crippen LogP contribution in [0, 0.1) is 11.3 Å². The zero-order valence-electron chi connectivity index (χ0n) is 22.1. The van der Waals surface area contributed by atoms with Gasteiger partial charge in [-0.3, -0.25) is 9.48 Å². The Kier molecular flexibility index (Phi) is 7.73. The average Bonchev–Trinajstić information content (AvgIpc) is 3.61. The molecule has 1 fully saturated rings. The van der Waals surface area contributed by atoms with Gasteiger partial charge in [0, 0.05) is 37.1 Å². The fourth-order valence-electron chi connectivity index (χ4n) is 4.93. The predicted molar refractivity (Wildman–Crippen MR) is 151 cm³/mol. The SMILES string of the molecule is CN(C)CCn1cc(-n2cc(C(=O)O)c(=O)c3cc(C#N)c(N4CCC[C@@H]4COc4ncccc4Cl)cc32)cn1. The Morgan fingerprint density at radius 1 is 1.32 bits per heavy atom. The highest BCUT2D eigenvalue weighted by Crippen LogP contribution is 2.33. The second-order valence-electron chi connectivity index (χ2n) is 9.90. The summed E-state index contributed by atoms with van der Waals surface area (Å²) < 4.78 is 9.34. The van der Waals surface area contributed by atoms with Crippen LogP contribution < -0.4 is 15.1 Å². The molecule has 4 heterocycles. The topological polar surface area (TPSA) is 130 Å². The van der Waals surface area contributed by atoms with Gasteiger partial charge in [-0.15, -0.1) is 0 Å². The molecule has 0 saturated carbocycles. The lowest BCUT2D eigenvalue weighted by Gasteiger charge is -2.28. The van der Waals surface area contributed by atoms with E-state index >= 15 is 0 Å². The molecule has 1 aliphatic rings. The molecule has 0 spiro atoms. The van der Waals surface area contributed by atoms with Gasteiger partial charge in [0.2, 0.25) is 11.3 Å². The maximum atomic E-state index is 13.2. The molecule has 1 aromatic carbocycles. The molecule has 12 heteroatoms. The summed E-state index contributed by atoms with van der Waals surface area (Å²) in [5.74, 6) is -0.996. The third kappa shape index (κ3) is 5.36. The molecule has 0 amide bonds. The van der Waals surface area contributed by atoms with Gasteiger partial charge in [-0.05, 0) is 51.2 Å². The number of fused-ring (bicyclic) bond motifs is 1. The summed E-state index contributed by atoms with van der Waals surface area (Å²) in [6.07, 6.45) is 8.08. The number of nitriles is 1. The van der Waals surface area contributed by atoms with E-state index in [0.29, 0.717) is 47.5 Å². The number of aromatic carboxylic acids is 1. The zero-order chi connectivity index (χ0) is 28.4. The van der Waals surface area contributed by atoms with E-state index in [9.17, 15) is 20.0 Å². The summed E-state index contributed by atoms with van der Waals surface area (Å²) in [6, 6.07) is 8.85. The number of hydrogen-bond donors (Lipinski definition) is 1. The van der Waals surface area contributed by atoms with Crippen molar-refractivity contribution in [3.05, 3.63) is 75.4 Å². The van der Waals surface area contributed by atoms with Crippen LogP contribution in [0.1, 0.15) is 28.8 Å². The van der Waals surface area contributed by atoms with Crippen molar-refractivity contribution in [2.24, 2.45) is 0 Å². The first-order valence-corrected chi connectivity index (χ1v) is 13.2. The van der Waals surface area contributed by atoms with E-state index in [1.165, 1.54) is 12.3 Å². The van der Waals surface area contributed by atoms with Gasteiger partial charge >= 0.3 is 5.97 Å². The minimum atomic E-state index is -1.34. The molecule has 0 radical (unpaired) electrons. The monoisotopic (exact) mass is 561 g/mol. The molecule has 1 aliphatic heterocycles. The minimum Gasteiger partial charge on any atom is -0.477 e. The van der Waals surface area contributed by atoms with Crippen LogP contribution >= 0.6 is 11.6 Å². The molecule has 0 aliphatic carbocycles. The molecule has 206 valence electrons. The van der Waals surface area contributed by atoms with Crippen molar-refractivity contribution in [2.75, 3.05) is 38.7 Å². The lowest BCUT2D eigenvalue weighted by Crippen LogP contribution is -2.35. The van der Waals surface area contributed by atoms with Crippen molar-refractivity contribution < 1.29 is 14.6 Å². The van der Waals surface area contributed by atoms with Crippen LogP contribution in [0.5, 0.6) is 5.88 Å². The highest BCUT2D eigenvalue weighted by atomic mass is 35.5. The number of carboxylic acids is 1. The highest BCUT2D eigenvalue weighted by Gasteiger charge is 2.29. The second kappa shape index (κ2) is 11.4. The molecule has 3 aromatic heterocycles.